The van der Waals surface area contributed by atoms with E-state index in [1.54, 1.807) is 12.1 Å². The second-order valence-electron chi connectivity index (χ2n) is 7.63. The average Bonchev–Trinajstić information content (AvgIpc) is 2.85. The summed E-state index contributed by atoms with van der Waals surface area (Å²) in [5, 5.41) is 31.4. The highest BCUT2D eigenvalue weighted by molar-refractivity contribution is 5.94. The minimum atomic E-state index is -0.586. The molecule has 0 radical (unpaired) electrons. The largest absolute Gasteiger partial charge is 0.355 e. The van der Waals surface area contributed by atoms with Crippen LogP contribution in [0.25, 0.3) is 11.3 Å². The number of nitro groups is 1. The van der Waals surface area contributed by atoms with Gasteiger partial charge in [-0.15, -0.1) is 10.2 Å². The minimum Gasteiger partial charge on any atom is -0.355 e. The number of carbonyl (C=O) groups is 1. The van der Waals surface area contributed by atoms with E-state index >= 15 is 0 Å². The molecular formula is C23H19FN6O3. The summed E-state index contributed by atoms with van der Waals surface area (Å²) in [6.45, 7) is 1.21. The van der Waals surface area contributed by atoms with Crippen LogP contribution in [-0.2, 0) is 4.79 Å². The number of halogens is 1. The monoisotopic (exact) mass is 446 g/mol. The zero-order chi connectivity index (χ0) is 23.4. The lowest BCUT2D eigenvalue weighted by Crippen LogP contribution is -2.38. The van der Waals surface area contributed by atoms with E-state index in [2.05, 4.69) is 15.5 Å². The Kier molecular flexibility index (Phi) is 6.22. The molecule has 2 aromatic carbocycles. The maximum absolute atomic E-state index is 13.1. The molecule has 10 heteroatoms. The van der Waals surface area contributed by atoms with E-state index < -0.39 is 4.92 Å². The standard InChI is InChI=1S/C23H19FN6O3/c24-18-3-1-15(2-4-18)21-7-8-22(28-27-21)29-11-9-16(10-12-29)23(31)26-20-6-5-19(30(32)33)13-17(20)14-25/h1-8,13,16H,9-12H2,(H,26,31). The average molecular weight is 446 g/mol. The summed E-state index contributed by atoms with van der Waals surface area (Å²) in [4.78, 5) is 25.0. The Bertz CT molecular complexity index is 1220. The predicted octanol–water partition coefficient (Wildman–Crippen LogP) is 3.92. The fourth-order valence-corrected chi connectivity index (χ4v) is 3.72. The number of piperidine rings is 1. The molecule has 0 spiro atoms. The van der Waals surface area contributed by atoms with Gasteiger partial charge in [-0.1, -0.05) is 0 Å². The molecule has 2 heterocycles. The van der Waals surface area contributed by atoms with Crippen LogP contribution < -0.4 is 10.2 Å². The van der Waals surface area contributed by atoms with Crippen molar-refractivity contribution in [3.8, 4) is 17.3 Å². The van der Waals surface area contributed by atoms with Gasteiger partial charge in [0.1, 0.15) is 11.9 Å². The molecule has 1 aliphatic rings. The molecule has 0 saturated carbocycles. The van der Waals surface area contributed by atoms with Crippen LogP contribution in [0.2, 0.25) is 0 Å². The van der Waals surface area contributed by atoms with Crippen LogP contribution in [-0.4, -0.2) is 34.1 Å². The number of nitrogens with zero attached hydrogens (tertiary/aromatic N) is 5. The van der Waals surface area contributed by atoms with E-state index in [4.69, 9.17) is 0 Å². The molecule has 1 amide bonds. The summed E-state index contributed by atoms with van der Waals surface area (Å²) in [5.41, 5.74) is 1.52. The Balaban J connectivity index is 1.36. The van der Waals surface area contributed by atoms with Gasteiger partial charge < -0.3 is 10.2 Å². The van der Waals surface area contributed by atoms with Gasteiger partial charge in [0.15, 0.2) is 5.82 Å². The van der Waals surface area contributed by atoms with Gasteiger partial charge >= 0.3 is 0 Å². The van der Waals surface area contributed by atoms with Gasteiger partial charge in [0.25, 0.3) is 5.69 Å². The number of nitriles is 1. The van der Waals surface area contributed by atoms with Crippen LogP contribution in [0.3, 0.4) is 0 Å². The predicted molar refractivity (Wildman–Crippen MR) is 119 cm³/mol. The fourth-order valence-electron chi connectivity index (χ4n) is 3.72. The molecule has 3 aromatic rings. The van der Waals surface area contributed by atoms with Crippen molar-refractivity contribution in [2.45, 2.75) is 12.8 Å². The van der Waals surface area contributed by atoms with Crippen molar-refractivity contribution in [3.05, 3.63) is 76.1 Å². The molecular weight excluding hydrogens is 427 g/mol. The number of amides is 1. The number of nitro benzene ring substituents is 1. The zero-order valence-corrected chi connectivity index (χ0v) is 17.4. The number of anilines is 2. The van der Waals surface area contributed by atoms with Gasteiger partial charge in [-0.25, -0.2) is 4.39 Å². The molecule has 0 aliphatic carbocycles. The third kappa shape index (κ3) is 4.93. The Morgan fingerprint density at radius 1 is 1.12 bits per heavy atom. The second kappa shape index (κ2) is 9.40. The van der Waals surface area contributed by atoms with Gasteiger partial charge in [0, 0.05) is 36.7 Å². The fraction of sp³-hybridized carbons (Fsp3) is 0.217. The molecule has 0 atom stereocenters. The Morgan fingerprint density at radius 2 is 1.85 bits per heavy atom. The van der Waals surface area contributed by atoms with Crippen LogP contribution in [0.15, 0.2) is 54.6 Å². The van der Waals surface area contributed by atoms with Crippen molar-refractivity contribution in [3.63, 3.8) is 0 Å². The molecule has 9 nitrogen and oxygen atoms in total. The topological polar surface area (TPSA) is 125 Å². The highest BCUT2D eigenvalue weighted by atomic mass is 19.1. The quantitative estimate of drug-likeness (QED) is 0.465. The maximum Gasteiger partial charge on any atom is 0.270 e. The molecule has 33 heavy (non-hydrogen) atoms. The molecule has 1 aliphatic heterocycles. The van der Waals surface area contributed by atoms with Gasteiger partial charge in [-0.3, -0.25) is 14.9 Å². The van der Waals surface area contributed by atoms with Crippen molar-refractivity contribution in [2.75, 3.05) is 23.3 Å². The van der Waals surface area contributed by atoms with Crippen LogP contribution in [0.5, 0.6) is 0 Å². The third-order valence-corrected chi connectivity index (χ3v) is 5.57. The number of carbonyl (C=O) groups excluding carboxylic acids is 1. The first-order valence-electron chi connectivity index (χ1n) is 10.3. The van der Waals surface area contributed by atoms with Crippen molar-refractivity contribution < 1.29 is 14.1 Å². The van der Waals surface area contributed by atoms with E-state index in [-0.39, 0.29) is 34.6 Å². The SMILES string of the molecule is N#Cc1cc([N+](=O)[O-])ccc1NC(=O)C1CCN(c2ccc(-c3ccc(F)cc3)nn2)CC1. The maximum atomic E-state index is 13.1. The van der Waals surface area contributed by atoms with Crippen LogP contribution >= 0.6 is 0 Å². The number of nitrogens with one attached hydrogen (secondary N) is 1. The first kappa shape index (κ1) is 21.8. The lowest BCUT2D eigenvalue weighted by atomic mass is 9.95. The number of aromatic nitrogens is 2. The van der Waals surface area contributed by atoms with Crippen LogP contribution in [0, 0.1) is 33.2 Å². The summed E-state index contributed by atoms with van der Waals surface area (Å²) in [5.74, 6) is -0.0957. The lowest BCUT2D eigenvalue weighted by molar-refractivity contribution is -0.384. The van der Waals surface area contributed by atoms with E-state index in [1.807, 2.05) is 23.1 Å². The highest BCUT2D eigenvalue weighted by Crippen LogP contribution is 2.26. The third-order valence-electron chi connectivity index (χ3n) is 5.57. The van der Waals surface area contributed by atoms with E-state index in [0.717, 1.165) is 11.6 Å². The molecule has 166 valence electrons. The Hall–Kier alpha value is -4.39. The second-order valence-corrected chi connectivity index (χ2v) is 7.63. The summed E-state index contributed by atoms with van der Waals surface area (Å²) in [6.07, 6.45) is 1.17. The molecule has 1 N–H and O–H groups in total. The van der Waals surface area contributed by atoms with Gasteiger partial charge in [-0.2, -0.15) is 5.26 Å². The smallest absolute Gasteiger partial charge is 0.270 e. The number of rotatable bonds is 5. The van der Waals surface area contributed by atoms with E-state index in [9.17, 15) is 24.6 Å². The number of hydrogen-bond donors (Lipinski definition) is 1. The zero-order valence-electron chi connectivity index (χ0n) is 17.4. The molecule has 1 saturated heterocycles. The first-order chi connectivity index (χ1) is 15.9. The number of non-ortho nitro benzene ring substituents is 1. The summed E-state index contributed by atoms with van der Waals surface area (Å²) in [7, 11) is 0. The molecule has 1 fully saturated rings. The van der Waals surface area contributed by atoms with Crippen molar-refractivity contribution in [1.29, 1.82) is 5.26 Å². The van der Waals surface area contributed by atoms with Crippen molar-refractivity contribution in [2.24, 2.45) is 5.92 Å². The van der Waals surface area contributed by atoms with Crippen LogP contribution in [0.4, 0.5) is 21.6 Å². The normalized spacial score (nSPS) is 13.9. The lowest BCUT2D eigenvalue weighted by Gasteiger charge is -2.31. The summed E-state index contributed by atoms with van der Waals surface area (Å²) >= 11 is 0. The van der Waals surface area contributed by atoms with Crippen LogP contribution in [0.1, 0.15) is 18.4 Å². The molecule has 1 aromatic heterocycles. The van der Waals surface area contributed by atoms with E-state index in [1.165, 1.54) is 24.3 Å². The van der Waals surface area contributed by atoms with Gasteiger partial charge in [-0.05, 0) is 55.3 Å². The number of hydrogen-bond acceptors (Lipinski definition) is 7. The molecule has 0 bridgehead atoms. The molecule has 0 unspecified atom stereocenters. The Morgan fingerprint density at radius 3 is 2.45 bits per heavy atom. The summed E-state index contributed by atoms with van der Waals surface area (Å²) in [6, 6.07) is 15.4. The van der Waals surface area contributed by atoms with E-state index in [0.29, 0.717) is 37.4 Å². The Labute approximate surface area is 188 Å². The first-order valence-corrected chi connectivity index (χ1v) is 10.3. The minimum absolute atomic E-state index is 0.0477. The highest BCUT2D eigenvalue weighted by Gasteiger charge is 2.26. The molecule has 4 rings (SSSR count). The van der Waals surface area contributed by atoms with Gasteiger partial charge in [0.2, 0.25) is 5.91 Å². The summed E-state index contributed by atoms with van der Waals surface area (Å²) < 4.78 is 13.1. The van der Waals surface area contributed by atoms with Crippen molar-refractivity contribution >= 4 is 23.1 Å². The number of benzene rings is 2. The van der Waals surface area contributed by atoms with Crippen molar-refractivity contribution in [1.82, 2.24) is 10.2 Å². The van der Waals surface area contributed by atoms with Gasteiger partial charge in [0.05, 0.1) is 21.9 Å².